The molecule has 0 radical (unpaired) electrons. The van der Waals surface area contributed by atoms with Gasteiger partial charge in [0.25, 0.3) is 0 Å². The van der Waals surface area contributed by atoms with Crippen LogP contribution in [-0.4, -0.2) is 33.4 Å². The minimum absolute atomic E-state index is 0.513. The van der Waals surface area contributed by atoms with Crippen molar-refractivity contribution >= 4 is 0 Å². The van der Waals surface area contributed by atoms with Crippen molar-refractivity contribution in [2.24, 2.45) is 5.92 Å². The van der Waals surface area contributed by atoms with Gasteiger partial charge in [0.1, 0.15) is 5.75 Å². The first-order chi connectivity index (χ1) is 9.30. The number of hydrogen-bond acceptors (Lipinski definition) is 3. The Morgan fingerprint density at radius 1 is 1.26 bits per heavy atom. The molecular formula is C16H27NO2. The van der Waals surface area contributed by atoms with E-state index >= 15 is 0 Å². The van der Waals surface area contributed by atoms with Crippen LogP contribution in [0.15, 0.2) is 24.3 Å². The van der Waals surface area contributed by atoms with Gasteiger partial charge < -0.3 is 14.8 Å². The van der Waals surface area contributed by atoms with Gasteiger partial charge in [0, 0.05) is 13.2 Å². The van der Waals surface area contributed by atoms with Gasteiger partial charge in [0.2, 0.25) is 0 Å². The lowest BCUT2D eigenvalue weighted by molar-refractivity contribution is 0.109. The molecule has 0 heterocycles. The van der Waals surface area contributed by atoms with Crippen molar-refractivity contribution < 1.29 is 9.47 Å². The molecule has 1 N–H and O–H groups in total. The highest BCUT2D eigenvalue weighted by Gasteiger charge is 2.10. The molecule has 0 aromatic heterocycles. The van der Waals surface area contributed by atoms with Crippen LogP contribution < -0.4 is 10.1 Å². The van der Waals surface area contributed by atoms with Crippen LogP contribution in [0.5, 0.6) is 5.75 Å². The average Bonchev–Trinajstić information content (AvgIpc) is 2.45. The fraction of sp³-hybridized carbons (Fsp3) is 0.625. The largest absolute Gasteiger partial charge is 0.497 e. The molecule has 1 unspecified atom stereocenters. The van der Waals surface area contributed by atoms with Crippen LogP contribution in [0.1, 0.15) is 25.8 Å². The Bertz CT molecular complexity index is 341. The lowest BCUT2D eigenvalue weighted by atomic mass is 9.99. The van der Waals surface area contributed by atoms with Gasteiger partial charge in [-0.15, -0.1) is 0 Å². The van der Waals surface area contributed by atoms with Crippen molar-refractivity contribution in [2.45, 2.75) is 26.7 Å². The van der Waals surface area contributed by atoms with E-state index in [0.717, 1.165) is 38.5 Å². The van der Waals surface area contributed by atoms with Gasteiger partial charge in [0.05, 0.1) is 13.7 Å². The number of hydrogen-bond donors (Lipinski definition) is 1. The van der Waals surface area contributed by atoms with E-state index in [1.165, 1.54) is 12.0 Å². The highest BCUT2D eigenvalue weighted by Crippen LogP contribution is 2.16. The zero-order chi connectivity index (χ0) is 13.9. The average molecular weight is 265 g/mol. The van der Waals surface area contributed by atoms with Crippen molar-refractivity contribution in [1.82, 2.24) is 5.32 Å². The molecule has 0 aliphatic carbocycles. The predicted octanol–water partition coefficient (Wildman–Crippen LogP) is 2.89. The molecule has 1 aromatic carbocycles. The highest BCUT2D eigenvalue weighted by atomic mass is 16.5. The van der Waals surface area contributed by atoms with E-state index in [9.17, 15) is 0 Å². The fourth-order valence-electron chi connectivity index (χ4n) is 2.09. The number of nitrogens with one attached hydrogen (secondary N) is 1. The molecule has 0 amide bonds. The third kappa shape index (κ3) is 6.60. The Hall–Kier alpha value is -1.06. The molecule has 108 valence electrons. The maximum Gasteiger partial charge on any atom is 0.119 e. The zero-order valence-corrected chi connectivity index (χ0v) is 12.4. The third-order valence-electron chi connectivity index (χ3n) is 3.08. The molecule has 3 nitrogen and oxygen atoms in total. The summed E-state index contributed by atoms with van der Waals surface area (Å²) in [5.41, 5.74) is 1.31. The van der Waals surface area contributed by atoms with Gasteiger partial charge in [-0.1, -0.05) is 19.1 Å². The van der Waals surface area contributed by atoms with Crippen LogP contribution in [0.25, 0.3) is 0 Å². The molecule has 0 spiro atoms. The van der Waals surface area contributed by atoms with Gasteiger partial charge in [0.15, 0.2) is 0 Å². The van der Waals surface area contributed by atoms with Crippen molar-refractivity contribution in [2.75, 3.05) is 33.4 Å². The van der Waals surface area contributed by atoms with Gasteiger partial charge >= 0.3 is 0 Å². The fourth-order valence-corrected chi connectivity index (χ4v) is 2.09. The molecular weight excluding hydrogens is 238 g/mol. The summed E-state index contributed by atoms with van der Waals surface area (Å²) in [7, 11) is 1.71. The zero-order valence-electron chi connectivity index (χ0n) is 12.4. The van der Waals surface area contributed by atoms with Crippen molar-refractivity contribution in [1.29, 1.82) is 0 Å². The standard InChI is InChI=1S/C16H27NO2/c1-4-9-17-12-15(13-19-5-2)10-14-7-6-8-16(11-14)18-3/h6-8,11,15,17H,4-5,9-10,12-13H2,1-3H3. The number of benzene rings is 1. The topological polar surface area (TPSA) is 30.5 Å². The van der Waals surface area contributed by atoms with Crippen LogP contribution in [0.3, 0.4) is 0 Å². The first kappa shape index (κ1) is 16.0. The number of methoxy groups -OCH3 is 1. The maximum absolute atomic E-state index is 5.58. The van der Waals surface area contributed by atoms with Gasteiger partial charge in [-0.2, -0.15) is 0 Å². The van der Waals surface area contributed by atoms with Crippen molar-refractivity contribution in [3.8, 4) is 5.75 Å². The second kappa shape index (κ2) is 9.82. The van der Waals surface area contributed by atoms with E-state index in [4.69, 9.17) is 9.47 Å². The van der Waals surface area contributed by atoms with Crippen LogP contribution in [-0.2, 0) is 11.2 Å². The van der Waals surface area contributed by atoms with E-state index in [1.807, 2.05) is 19.1 Å². The Balaban J connectivity index is 2.53. The van der Waals surface area contributed by atoms with Gasteiger partial charge in [-0.3, -0.25) is 0 Å². The molecule has 0 saturated carbocycles. The Kier molecular flexibility index (Phi) is 8.26. The predicted molar refractivity (Wildman–Crippen MR) is 79.8 cm³/mol. The molecule has 3 heteroatoms. The molecule has 0 aliphatic heterocycles. The maximum atomic E-state index is 5.58. The van der Waals surface area contributed by atoms with Crippen molar-refractivity contribution in [3.63, 3.8) is 0 Å². The van der Waals surface area contributed by atoms with Crippen molar-refractivity contribution in [3.05, 3.63) is 29.8 Å². The lowest BCUT2D eigenvalue weighted by Gasteiger charge is -2.18. The molecule has 1 atom stereocenters. The van der Waals surface area contributed by atoms with Crippen LogP contribution in [0.4, 0.5) is 0 Å². The summed E-state index contributed by atoms with van der Waals surface area (Å²) in [4.78, 5) is 0. The Labute approximate surface area is 117 Å². The quantitative estimate of drug-likeness (QED) is 0.660. The molecule has 1 rings (SSSR count). The van der Waals surface area contributed by atoms with E-state index in [0.29, 0.717) is 5.92 Å². The summed E-state index contributed by atoms with van der Waals surface area (Å²) < 4.78 is 10.9. The Morgan fingerprint density at radius 2 is 2.11 bits per heavy atom. The number of ether oxygens (including phenoxy) is 2. The smallest absolute Gasteiger partial charge is 0.119 e. The van der Waals surface area contributed by atoms with Crippen LogP contribution in [0.2, 0.25) is 0 Å². The second-order valence-electron chi connectivity index (χ2n) is 4.79. The van der Waals surface area contributed by atoms with E-state index < -0.39 is 0 Å². The minimum Gasteiger partial charge on any atom is -0.497 e. The Morgan fingerprint density at radius 3 is 2.79 bits per heavy atom. The second-order valence-corrected chi connectivity index (χ2v) is 4.79. The summed E-state index contributed by atoms with van der Waals surface area (Å²) in [6, 6.07) is 8.29. The van der Waals surface area contributed by atoms with Gasteiger partial charge in [-0.05, 0) is 49.9 Å². The molecule has 0 aliphatic rings. The summed E-state index contributed by atoms with van der Waals surface area (Å²) >= 11 is 0. The number of rotatable bonds is 10. The molecule has 0 bridgehead atoms. The summed E-state index contributed by atoms with van der Waals surface area (Å²) in [6.45, 7) is 7.90. The normalized spacial score (nSPS) is 12.4. The monoisotopic (exact) mass is 265 g/mol. The third-order valence-corrected chi connectivity index (χ3v) is 3.08. The molecule has 1 aromatic rings. The molecule has 0 fully saturated rings. The first-order valence-corrected chi connectivity index (χ1v) is 7.21. The SMILES string of the molecule is CCCNCC(COCC)Cc1cccc(OC)c1. The summed E-state index contributed by atoms with van der Waals surface area (Å²) in [6.07, 6.45) is 2.19. The van der Waals surface area contributed by atoms with Gasteiger partial charge in [-0.25, -0.2) is 0 Å². The van der Waals surface area contributed by atoms with Crippen LogP contribution >= 0.6 is 0 Å². The summed E-state index contributed by atoms with van der Waals surface area (Å²) in [5.74, 6) is 1.44. The minimum atomic E-state index is 0.513. The summed E-state index contributed by atoms with van der Waals surface area (Å²) in [5, 5.41) is 3.48. The molecule has 0 saturated heterocycles. The van der Waals surface area contributed by atoms with E-state index in [1.54, 1.807) is 7.11 Å². The highest BCUT2D eigenvalue weighted by molar-refractivity contribution is 5.28. The molecule has 19 heavy (non-hydrogen) atoms. The van der Waals surface area contributed by atoms with E-state index in [2.05, 4.69) is 24.4 Å². The van der Waals surface area contributed by atoms with E-state index in [-0.39, 0.29) is 0 Å². The van der Waals surface area contributed by atoms with Crippen LogP contribution in [0, 0.1) is 5.92 Å². The first-order valence-electron chi connectivity index (χ1n) is 7.21. The lowest BCUT2D eigenvalue weighted by Crippen LogP contribution is -2.28.